The van der Waals surface area contributed by atoms with E-state index in [2.05, 4.69) is 0 Å². The molecule has 0 bridgehead atoms. The van der Waals surface area contributed by atoms with Gasteiger partial charge in [0.05, 0.1) is 30.9 Å². The average Bonchev–Trinajstić information content (AvgIpc) is 2.89. The number of alkyl halides is 6. The molecule has 1 atom stereocenters. The van der Waals surface area contributed by atoms with E-state index in [9.17, 15) is 26.3 Å². The Morgan fingerprint density at radius 1 is 0.850 bits per heavy atom. The second-order valence-corrected chi connectivity index (χ2v) is 8.67. The highest BCUT2D eigenvalue weighted by atomic mass is 19.4. The lowest BCUT2D eigenvalue weighted by Gasteiger charge is -2.22. The summed E-state index contributed by atoms with van der Waals surface area (Å²) in [4.78, 5) is 0. The van der Waals surface area contributed by atoms with E-state index in [1.165, 1.54) is 12.1 Å². The summed E-state index contributed by atoms with van der Waals surface area (Å²) >= 11 is 0. The number of hydrogen-bond donors (Lipinski definition) is 3. The molecule has 1 fully saturated rings. The Labute approximate surface area is 229 Å². The minimum atomic E-state index is -4.65. The van der Waals surface area contributed by atoms with Gasteiger partial charge in [-0.05, 0) is 42.9 Å². The van der Waals surface area contributed by atoms with Crippen LogP contribution in [0.15, 0.2) is 36.4 Å². The zero-order chi connectivity index (χ0) is 29.8. The third kappa shape index (κ3) is 11.6. The van der Waals surface area contributed by atoms with Crippen LogP contribution in [0, 0.1) is 0 Å². The van der Waals surface area contributed by atoms with Crippen molar-refractivity contribution in [2.75, 3.05) is 33.0 Å². The lowest BCUT2D eigenvalue weighted by Crippen LogP contribution is -2.31. The quantitative estimate of drug-likeness (QED) is 0.215. The predicted molar refractivity (Wildman–Crippen MR) is 135 cm³/mol. The lowest BCUT2D eigenvalue weighted by molar-refractivity contribution is -0.163. The van der Waals surface area contributed by atoms with Crippen LogP contribution < -0.4 is 20.4 Å². The van der Waals surface area contributed by atoms with Gasteiger partial charge in [0.1, 0.15) is 19.3 Å². The molecule has 1 unspecified atom stereocenters. The van der Waals surface area contributed by atoms with Crippen molar-refractivity contribution in [3.63, 3.8) is 0 Å². The highest BCUT2D eigenvalue weighted by molar-refractivity contribution is 6.58. The van der Waals surface area contributed by atoms with Crippen molar-refractivity contribution in [1.29, 1.82) is 0 Å². The van der Waals surface area contributed by atoms with Crippen LogP contribution in [0.5, 0.6) is 11.5 Å². The standard InChI is InChI=1S/C15H18BF3O3.C10H12BF3O4/c16-11-5-6-13(12(10-11)15(17,18)19)20-8-3-9-22-14-4-1-2-7-21-14;12-10(13,14)8-6-7(11(16)17)2-3-9(8)18-5-1-4-15/h5-6,10,14H,1-4,7-9H2;2-3,6,15-17H,1,4-5H2. The molecule has 40 heavy (non-hydrogen) atoms. The second kappa shape index (κ2) is 16.1. The minimum absolute atomic E-state index is 0.0532. The molecule has 3 N–H and O–H groups in total. The molecule has 2 aromatic rings. The number of aliphatic hydroxyl groups excluding tert-OH is 1. The fourth-order valence-corrected chi connectivity index (χ4v) is 3.50. The van der Waals surface area contributed by atoms with Gasteiger partial charge in [-0.1, -0.05) is 23.7 Å². The Balaban J connectivity index is 0.000000286. The van der Waals surface area contributed by atoms with Gasteiger partial charge in [-0.25, -0.2) is 0 Å². The van der Waals surface area contributed by atoms with E-state index in [1.807, 2.05) is 0 Å². The van der Waals surface area contributed by atoms with Gasteiger partial charge in [-0.15, -0.1) is 0 Å². The monoisotopic (exact) mass is 578 g/mol. The third-order valence-electron chi connectivity index (χ3n) is 5.46. The van der Waals surface area contributed by atoms with E-state index in [0.29, 0.717) is 25.7 Å². The largest absolute Gasteiger partial charge is 0.493 e. The van der Waals surface area contributed by atoms with Crippen LogP contribution in [0.25, 0.3) is 0 Å². The first-order valence-electron chi connectivity index (χ1n) is 12.5. The Morgan fingerprint density at radius 2 is 1.45 bits per heavy atom. The lowest BCUT2D eigenvalue weighted by atomic mass is 9.79. The van der Waals surface area contributed by atoms with E-state index < -0.39 is 36.3 Å². The van der Waals surface area contributed by atoms with E-state index >= 15 is 0 Å². The molecule has 0 aliphatic carbocycles. The van der Waals surface area contributed by atoms with E-state index in [0.717, 1.165) is 37.5 Å². The van der Waals surface area contributed by atoms with Gasteiger partial charge < -0.3 is 34.1 Å². The maximum Gasteiger partial charge on any atom is 0.488 e. The number of aliphatic hydroxyl groups is 1. The molecular formula is C25H30B2F6O7. The van der Waals surface area contributed by atoms with Crippen molar-refractivity contribution in [1.82, 2.24) is 0 Å². The van der Waals surface area contributed by atoms with Crippen LogP contribution in [0.2, 0.25) is 0 Å². The van der Waals surface area contributed by atoms with E-state index in [4.69, 9.17) is 41.9 Å². The van der Waals surface area contributed by atoms with Gasteiger partial charge in [-0.2, -0.15) is 26.3 Å². The Morgan fingerprint density at radius 3 is 2.00 bits per heavy atom. The van der Waals surface area contributed by atoms with Crippen LogP contribution >= 0.6 is 0 Å². The summed E-state index contributed by atoms with van der Waals surface area (Å²) in [5, 5.41) is 26.2. The zero-order valence-corrected chi connectivity index (χ0v) is 21.5. The molecule has 1 aliphatic heterocycles. The van der Waals surface area contributed by atoms with E-state index in [1.54, 1.807) is 0 Å². The van der Waals surface area contributed by atoms with Gasteiger partial charge in [0, 0.05) is 26.1 Å². The predicted octanol–water partition coefficient (Wildman–Crippen LogP) is 2.96. The zero-order valence-electron chi connectivity index (χ0n) is 21.5. The van der Waals surface area contributed by atoms with Gasteiger partial charge in [0.15, 0.2) is 6.29 Å². The molecule has 0 aromatic heterocycles. The average molecular weight is 578 g/mol. The summed E-state index contributed by atoms with van der Waals surface area (Å²) < 4.78 is 97.7. The maximum absolute atomic E-state index is 12.9. The SMILES string of the molecule is OCCCOc1ccc(B(O)O)cc1C(F)(F)F.[B]c1ccc(OCCCOC2CCCCO2)c(C(F)(F)F)c1. The molecule has 2 aromatic carbocycles. The first kappa shape index (κ1) is 33.8. The highest BCUT2D eigenvalue weighted by Gasteiger charge is 2.36. The Hall–Kier alpha value is -2.45. The molecule has 220 valence electrons. The van der Waals surface area contributed by atoms with Gasteiger partial charge >= 0.3 is 19.5 Å². The van der Waals surface area contributed by atoms with Crippen molar-refractivity contribution in [3.8, 4) is 11.5 Å². The van der Waals surface area contributed by atoms with Crippen molar-refractivity contribution < 1.29 is 60.4 Å². The molecule has 0 amide bonds. The molecule has 1 aliphatic rings. The molecule has 7 nitrogen and oxygen atoms in total. The molecule has 0 saturated carbocycles. The van der Waals surface area contributed by atoms with Crippen LogP contribution in [0.4, 0.5) is 26.3 Å². The van der Waals surface area contributed by atoms with Gasteiger partial charge in [-0.3, -0.25) is 0 Å². The topological polar surface area (TPSA) is 97.6 Å². The smallest absolute Gasteiger partial charge is 0.488 e. The first-order chi connectivity index (χ1) is 18.8. The normalized spacial score (nSPS) is 15.7. The summed E-state index contributed by atoms with van der Waals surface area (Å²) in [6.07, 6.45) is -5.67. The van der Waals surface area contributed by atoms with Crippen LogP contribution in [-0.4, -0.2) is 69.4 Å². The number of hydrogen-bond acceptors (Lipinski definition) is 7. The Bertz CT molecular complexity index is 1030. The van der Waals surface area contributed by atoms with Crippen LogP contribution in [-0.2, 0) is 21.8 Å². The molecule has 1 heterocycles. The molecule has 15 heteroatoms. The second-order valence-electron chi connectivity index (χ2n) is 8.67. The fraction of sp³-hybridized carbons (Fsp3) is 0.520. The summed E-state index contributed by atoms with van der Waals surface area (Å²) in [6, 6.07) is 6.28. The molecule has 3 rings (SSSR count). The molecular weight excluding hydrogens is 548 g/mol. The molecule has 0 spiro atoms. The highest BCUT2D eigenvalue weighted by Crippen LogP contribution is 2.36. The third-order valence-corrected chi connectivity index (χ3v) is 5.46. The molecule has 2 radical (unpaired) electrons. The fourth-order valence-electron chi connectivity index (χ4n) is 3.50. The van der Waals surface area contributed by atoms with Crippen molar-refractivity contribution in [2.24, 2.45) is 0 Å². The van der Waals surface area contributed by atoms with Crippen LogP contribution in [0.1, 0.15) is 43.2 Å². The van der Waals surface area contributed by atoms with Crippen molar-refractivity contribution in [2.45, 2.75) is 50.7 Å². The minimum Gasteiger partial charge on any atom is -0.493 e. The number of benzene rings is 2. The summed E-state index contributed by atoms with van der Waals surface area (Å²) in [7, 11) is 3.42. The molecule has 1 saturated heterocycles. The first-order valence-corrected chi connectivity index (χ1v) is 12.5. The van der Waals surface area contributed by atoms with Crippen molar-refractivity contribution in [3.05, 3.63) is 47.5 Å². The van der Waals surface area contributed by atoms with Gasteiger partial charge in [0.2, 0.25) is 0 Å². The summed E-state index contributed by atoms with van der Waals surface area (Å²) in [5.41, 5.74) is -2.15. The van der Waals surface area contributed by atoms with Crippen LogP contribution in [0.3, 0.4) is 0 Å². The number of halogens is 6. The van der Waals surface area contributed by atoms with Crippen molar-refractivity contribution >= 4 is 25.9 Å². The maximum atomic E-state index is 12.9. The van der Waals surface area contributed by atoms with Gasteiger partial charge in [0.25, 0.3) is 0 Å². The number of ether oxygens (including phenoxy) is 4. The summed E-state index contributed by atoms with van der Waals surface area (Å²) in [5.74, 6) is -0.615. The van der Waals surface area contributed by atoms with E-state index in [-0.39, 0.29) is 49.2 Å². The number of rotatable bonds is 11. The Kier molecular flexibility index (Phi) is 13.6. The summed E-state index contributed by atoms with van der Waals surface area (Å²) in [6.45, 7) is 0.984.